The van der Waals surface area contributed by atoms with Gasteiger partial charge in [0.1, 0.15) is 16.7 Å². The molecule has 0 saturated heterocycles. The topological polar surface area (TPSA) is 49.1 Å². The highest BCUT2D eigenvalue weighted by atomic mass is 32.2. The average Bonchev–Trinajstić information content (AvgIpc) is 2.94. The van der Waals surface area contributed by atoms with Gasteiger partial charge >= 0.3 is 0 Å². The van der Waals surface area contributed by atoms with Crippen molar-refractivity contribution in [2.24, 2.45) is 5.73 Å². The van der Waals surface area contributed by atoms with Gasteiger partial charge in [-0.15, -0.1) is 0 Å². The lowest BCUT2D eigenvalue weighted by atomic mass is 9.94. The molecule has 0 aromatic rings. The molecule has 3 unspecified atom stereocenters. The Hall–Kier alpha value is -0.320. The van der Waals surface area contributed by atoms with E-state index in [0.29, 0.717) is 11.7 Å². The zero-order valence-corrected chi connectivity index (χ0v) is 12.4. The number of hydrogen-bond acceptors (Lipinski definition) is 2. The first-order valence-corrected chi connectivity index (χ1v) is 8.37. The van der Waals surface area contributed by atoms with Gasteiger partial charge in [0.15, 0.2) is 0 Å². The first-order valence-electron chi connectivity index (χ1n) is 7.15. The molecule has 3 atom stereocenters. The van der Waals surface area contributed by atoms with E-state index in [1.54, 1.807) is 0 Å². The van der Waals surface area contributed by atoms with E-state index >= 15 is 0 Å². The van der Waals surface area contributed by atoms with Crippen molar-refractivity contribution in [1.29, 1.82) is 0 Å². The van der Waals surface area contributed by atoms with Gasteiger partial charge in [0.25, 0.3) is 0 Å². The van der Waals surface area contributed by atoms with Crippen LogP contribution < -0.4 is 5.73 Å². The molecule has 4 heteroatoms. The summed E-state index contributed by atoms with van der Waals surface area (Å²) < 4.78 is 24.8. The minimum Gasteiger partial charge on any atom is -0.615 e. The van der Waals surface area contributed by atoms with Gasteiger partial charge in [0, 0.05) is 12.5 Å². The van der Waals surface area contributed by atoms with Crippen molar-refractivity contribution in [3.8, 4) is 0 Å². The highest BCUT2D eigenvalue weighted by Gasteiger charge is 2.41. The molecule has 2 rings (SSSR count). The van der Waals surface area contributed by atoms with E-state index in [1.165, 1.54) is 12.8 Å². The van der Waals surface area contributed by atoms with E-state index < -0.39 is 23.9 Å². The Bertz CT molecular complexity index is 365. The number of halogens is 1. The Kier molecular flexibility index (Phi) is 5.09. The molecule has 0 heterocycles. The van der Waals surface area contributed by atoms with Gasteiger partial charge in [0.2, 0.25) is 0 Å². The zero-order valence-electron chi connectivity index (χ0n) is 11.6. The van der Waals surface area contributed by atoms with Crippen LogP contribution in [-0.4, -0.2) is 27.3 Å². The summed E-state index contributed by atoms with van der Waals surface area (Å²) >= 11 is -0.814. The Balaban J connectivity index is 1.95. The van der Waals surface area contributed by atoms with Crippen LogP contribution in [0.3, 0.4) is 0 Å². The van der Waals surface area contributed by atoms with Gasteiger partial charge in [-0.2, -0.15) is 0 Å². The molecule has 0 spiro atoms. The Morgan fingerprint density at radius 2 is 2.21 bits per heavy atom. The van der Waals surface area contributed by atoms with E-state index in [1.807, 2.05) is 6.08 Å². The van der Waals surface area contributed by atoms with Crippen molar-refractivity contribution in [3.05, 3.63) is 23.8 Å². The molecule has 0 aromatic carbocycles. The van der Waals surface area contributed by atoms with Crippen LogP contribution in [0.4, 0.5) is 4.39 Å². The fourth-order valence-corrected chi connectivity index (χ4v) is 4.87. The third-order valence-electron chi connectivity index (χ3n) is 4.18. The summed E-state index contributed by atoms with van der Waals surface area (Å²) in [5, 5.41) is 0.359. The predicted molar refractivity (Wildman–Crippen MR) is 79.2 cm³/mol. The molecule has 0 aromatic heterocycles. The lowest BCUT2D eigenvalue weighted by Gasteiger charge is -2.34. The van der Waals surface area contributed by atoms with Crippen LogP contribution in [0.5, 0.6) is 0 Å². The Labute approximate surface area is 118 Å². The summed E-state index contributed by atoms with van der Waals surface area (Å²) in [6.45, 7) is 1.58. The monoisotopic (exact) mass is 285 g/mol. The summed E-state index contributed by atoms with van der Waals surface area (Å²) in [6.07, 6.45) is 12.1. The molecule has 0 bridgehead atoms. The standard InChI is InChI=1S/C15H24FNOS/c1-15(19(18)14-4-2-3-5-14)8-6-12(7-9-15)10-13(17)11-16/h6-8,13-14H,2-5,9-11,17H2,1H3. The largest absolute Gasteiger partial charge is 0.615 e. The van der Waals surface area contributed by atoms with Crippen molar-refractivity contribution >= 4 is 11.2 Å². The second-order valence-electron chi connectivity index (χ2n) is 5.95. The summed E-state index contributed by atoms with van der Waals surface area (Å²) in [7, 11) is 0. The van der Waals surface area contributed by atoms with E-state index in [-0.39, 0.29) is 4.75 Å². The lowest BCUT2D eigenvalue weighted by molar-refractivity contribution is 0.427. The quantitative estimate of drug-likeness (QED) is 0.789. The molecule has 108 valence electrons. The fourth-order valence-electron chi connectivity index (χ4n) is 2.89. The minimum absolute atomic E-state index is 0.252. The maximum absolute atomic E-state index is 12.7. The molecular formula is C15H24FNOS. The molecule has 2 nitrogen and oxygen atoms in total. The molecule has 1 saturated carbocycles. The van der Waals surface area contributed by atoms with Crippen LogP contribution in [0.2, 0.25) is 0 Å². The maximum atomic E-state index is 12.7. The van der Waals surface area contributed by atoms with Gasteiger partial charge in [-0.05, 0) is 56.3 Å². The first kappa shape index (κ1) is 15.1. The minimum atomic E-state index is -0.814. The number of hydrogen-bond donors (Lipinski definition) is 1. The van der Waals surface area contributed by atoms with Gasteiger partial charge in [0.05, 0.1) is 0 Å². The third kappa shape index (κ3) is 3.61. The van der Waals surface area contributed by atoms with E-state index in [0.717, 1.165) is 24.8 Å². The van der Waals surface area contributed by atoms with Gasteiger partial charge in [-0.25, -0.2) is 4.39 Å². The number of nitrogens with two attached hydrogens (primary N) is 1. The van der Waals surface area contributed by atoms with E-state index in [2.05, 4.69) is 19.1 Å². The van der Waals surface area contributed by atoms with Gasteiger partial charge < -0.3 is 10.3 Å². The van der Waals surface area contributed by atoms with Crippen LogP contribution in [0.15, 0.2) is 23.8 Å². The molecule has 1 fully saturated rings. The van der Waals surface area contributed by atoms with Crippen LogP contribution in [0.25, 0.3) is 0 Å². The van der Waals surface area contributed by atoms with Crippen molar-refractivity contribution in [2.75, 3.05) is 6.67 Å². The van der Waals surface area contributed by atoms with E-state index in [4.69, 9.17) is 5.73 Å². The maximum Gasteiger partial charge on any atom is 0.144 e. The van der Waals surface area contributed by atoms with Gasteiger partial charge in [-0.3, -0.25) is 0 Å². The molecule has 2 aliphatic carbocycles. The molecule has 19 heavy (non-hydrogen) atoms. The highest BCUT2D eigenvalue weighted by Crippen LogP contribution is 2.37. The Morgan fingerprint density at radius 3 is 2.74 bits per heavy atom. The van der Waals surface area contributed by atoms with Gasteiger partial charge in [-0.1, -0.05) is 17.7 Å². The Morgan fingerprint density at radius 1 is 1.53 bits per heavy atom. The van der Waals surface area contributed by atoms with E-state index in [9.17, 15) is 8.94 Å². The van der Waals surface area contributed by atoms with Crippen LogP contribution in [0.1, 0.15) is 45.4 Å². The van der Waals surface area contributed by atoms with Crippen molar-refractivity contribution in [1.82, 2.24) is 0 Å². The van der Waals surface area contributed by atoms with Crippen molar-refractivity contribution in [3.63, 3.8) is 0 Å². The van der Waals surface area contributed by atoms with Crippen LogP contribution in [-0.2, 0) is 11.2 Å². The number of rotatable bonds is 5. The molecule has 0 aliphatic heterocycles. The molecule has 2 N–H and O–H groups in total. The normalized spacial score (nSPS) is 31.3. The first-order chi connectivity index (χ1) is 9.05. The van der Waals surface area contributed by atoms with Crippen LogP contribution >= 0.6 is 0 Å². The summed E-state index contributed by atoms with van der Waals surface area (Å²) in [5.41, 5.74) is 6.70. The summed E-state index contributed by atoms with van der Waals surface area (Å²) in [4.78, 5) is 0. The van der Waals surface area contributed by atoms with Crippen molar-refractivity contribution < 1.29 is 8.94 Å². The summed E-state index contributed by atoms with van der Waals surface area (Å²) in [5.74, 6) is 0. The summed E-state index contributed by atoms with van der Waals surface area (Å²) in [6, 6.07) is -0.416. The number of alkyl halides is 1. The smallest absolute Gasteiger partial charge is 0.144 e. The third-order valence-corrected chi connectivity index (χ3v) is 6.48. The lowest BCUT2D eigenvalue weighted by Crippen LogP contribution is -2.40. The van der Waals surface area contributed by atoms with Crippen LogP contribution in [0, 0.1) is 0 Å². The molecular weight excluding hydrogens is 261 g/mol. The molecule has 0 amide bonds. The second kappa shape index (κ2) is 6.42. The zero-order chi connectivity index (χ0) is 13.9. The SMILES string of the molecule is CC1([S+]([O-])C2CCCC2)C=CC(CC(N)CF)=CC1. The predicted octanol–water partition coefficient (Wildman–Crippen LogP) is 3.01. The second-order valence-corrected chi connectivity index (χ2v) is 8.15. The molecule has 2 aliphatic rings. The number of allylic oxidation sites excluding steroid dienone is 2. The highest BCUT2D eigenvalue weighted by molar-refractivity contribution is 7.93. The molecule has 0 radical (unpaired) electrons. The van der Waals surface area contributed by atoms with Crippen molar-refractivity contribution in [2.45, 2.75) is 61.5 Å². The average molecular weight is 285 g/mol. The fraction of sp³-hybridized carbons (Fsp3) is 0.733.